The molecule has 21 heavy (non-hydrogen) atoms. The van der Waals surface area contributed by atoms with E-state index in [1.807, 2.05) is 0 Å². The van der Waals surface area contributed by atoms with Gasteiger partial charge < -0.3 is 10.1 Å². The highest BCUT2D eigenvalue weighted by Crippen LogP contribution is 2.42. The van der Waals surface area contributed by atoms with E-state index in [1.54, 1.807) is 6.20 Å². The Morgan fingerprint density at radius 2 is 2.10 bits per heavy atom. The number of ketones is 1. The van der Waals surface area contributed by atoms with Crippen LogP contribution in [0.15, 0.2) is 12.8 Å². The van der Waals surface area contributed by atoms with Crippen molar-refractivity contribution in [3.8, 4) is 0 Å². The van der Waals surface area contributed by atoms with Crippen LogP contribution in [-0.2, 0) is 14.3 Å². The summed E-state index contributed by atoms with van der Waals surface area (Å²) in [6, 6.07) is 0. The second-order valence-electron chi connectivity index (χ2n) is 6.04. The van der Waals surface area contributed by atoms with Crippen LogP contribution in [0.3, 0.4) is 0 Å². The number of Topliss-reactive ketones (excluding diaryl/α,β-unsaturated/α-hetero) is 1. The zero-order chi connectivity index (χ0) is 15.3. The molecule has 1 aliphatic carbocycles. The molecule has 1 atom stereocenters. The van der Waals surface area contributed by atoms with E-state index >= 15 is 0 Å². The van der Waals surface area contributed by atoms with Gasteiger partial charge in [-0.1, -0.05) is 38.1 Å². The molecule has 0 aromatic rings. The molecule has 4 nitrogen and oxygen atoms in total. The van der Waals surface area contributed by atoms with Gasteiger partial charge in [-0.05, 0) is 31.4 Å². The number of hydrogen-bond donors (Lipinski definition) is 1. The molecular formula is C16H23NO3S. The standard InChI is InChI=1S/C16H23NO3S/c1-2-17-14(21)8-9-16(12-6-4-3-5-7-12)11-13(18)10-15(19)20-16/h2,12H,1,3-11H2,(H,17,21). The largest absolute Gasteiger partial charge is 0.458 e. The molecule has 1 aliphatic heterocycles. The SMILES string of the molecule is C=CNC(=S)CCC1(C2CCCCC2)CC(=O)CC(=O)O1. The van der Waals surface area contributed by atoms with Gasteiger partial charge in [0, 0.05) is 12.8 Å². The number of thiocarbonyl (C=S) groups is 1. The van der Waals surface area contributed by atoms with Gasteiger partial charge >= 0.3 is 5.97 Å². The maximum absolute atomic E-state index is 11.9. The number of esters is 1. The van der Waals surface area contributed by atoms with Crippen molar-refractivity contribution in [3.05, 3.63) is 12.8 Å². The van der Waals surface area contributed by atoms with Crippen molar-refractivity contribution in [2.45, 2.75) is 63.4 Å². The average molecular weight is 309 g/mol. The van der Waals surface area contributed by atoms with Crippen LogP contribution in [0.1, 0.15) is 57.8 Å². The summed E-state index contributed by atoms with van der Waals surface area (Å²) in [6.45, 7) is 3.59. The van der Waals surface area contributed by atoms with Crippen molar-refractivity contribution in [2.24, 2.45) is 5.92 Å². The summed E-state index contributed by atoms with van der Waals surface area (Å²) < 4.78 is 5.74. The third-order valence-electron chi connectivity index (χ3n) is 4.54. The number of nitrogens with one attached hydrogen (secondary N) is 1. The first-order chi connectivity index (χ1) is 10.1. The van der Waals surface area contributed by atoms with Gasteiger partial charge in [0.25, 0.3) is 0 Å². The van der Waals surface area contributed by atoms with Crippen LogP contribution in [0.5, 0.6) is 0 Å². The Kier molecular flexibility index (Phi) is 5.51. The summed E-state index contributed by atoms with van der Waals surface area (Å²) in [7, 11) is 0. The molecule has 0 aromatic carbocycles. The molecule has 1 saturated heterocycles. The van der Waals surface area contributed by atoms with Crippen molar-refractivity contribution >= 4 is 29.0 Å². The first-order valence-electron chi connectivity index (χ1n) is 7.69. The highest BCUT2D eigenvalue weighted by Gasteiger charge is 2.47. The smallest absolute Gasteiger partial charge is 0.313 e. The lowest BCUT2D eigenvalue weighted by molar-refractivity contribution is -0.180. The second-order valence-corrected chi connectivity index (χ2v) is 6.53. The predicted octanol–water partition coefficient (Wildman–Crippen LogP) is 3.05. The maximum atomic E-state index is 11.9. The van der Waals surface area contributed by atoms with Crippen molar-refractivity contribution in [3.63, 3.8) is 0 Å². The molecule has 116 valence electrons. The molecule has 2 rings (SSSR count). The van der Waals surface area contributed by atoms with Crippen molar-refractivity contribution in [2.75, 3.05) is 0 Å². The van der Waals surface area contributed by atoms with Crippen LogP contribution in [0.25, 0.3) is 0 Å². The summed E-state index contributed by atoms with van der Waals surface area (Å²) in [6.07, 6.45) is 8.63. The van der Waals surface area contributed by atoms with Gasteiger partial charge in [-0.15, -0.1) is 0 Å². The minimum absolute atomic E-state index is 0.000535. The molecule has 1 N–H and O–H groups in total. The van der Waals surface area contributed by atoms with Gasteiger partial charge in [-0.3, -0.25) is 9.59 Å². The third kappa shape index (κ3) is 4.13. The maximum Gasteiger partial charge on any atom is 0.313 e. The van der Waals surface area contributed by atoms with Gasteiger partial charge in [0.1, 0.15) is 17.8 Å². The number of ether oxygens (including phenoxy) is 1. The number of carbonyl (C=O) groups is 2. The summed E-state index contributed by atoms with van der Waals surface area (Å²) in [5.74, 6) is -0.0928. The molecule has 1 saturated carbocycles. The Hall–Kier alpha value is -1.23. The fraction of sp³-hybridized carbons (Fsp3) is 0.688. The lowest BCUT2D eigenvalue weighted by Gasteiger charge is -2.44. The molecule has 1 unspecified atom stereocenters. The molecule has 5 heteroatoms. The van der Waals surface area contributed by atoms with Gasteiger partial charge in [-0.2, -0.15) is 0 Å². The average Bonchev–Trinajstić information content (AvgIpc) is 2.45. The molecular weight excluding hydrogens is 286 g/mol. The molecule has 0 bridgehead atoms. The summed E-state index contributed by atoms with van der Waals surface area (Å²) in [5, 5.41) is 2.90. The monoisotopic (exact) mass is 309 g/mol. The Morgan fingerprint density at radius 3 is 2.71 bits per heavy atom. The Labute approximate surface area is 131 Å². The van der Waals surface area contributed by atoms with Crippen LogP contribution < -0.4 is 5.32 Å². The van der Waals surface area contributed by atoms with Crippen molar-refractivity contribution in [1.29, 1.82) is 0 Å². The topological polar surface area (TPSA) is 55.4 Å². The highest BCUT2D eigenvalue weighted by molar-refractivity contribution is 7.80. The van der Waals surface area contributed by atoms with Gasteiger partial charge in [0.05, 0.1) is 4.99 Å². The van der Waals surface area contributed by atoms with E-state index in [2.05, 4.69) is 11.9 Å². The van der Waals surface area contributed by atoms with Crippen LogP contribution in [-0.4, -0.2) is 22.3 Å². The molecule has 2 aliphatic rings. The highest BCUT2D eigenvalue weighted by atomic mass is 32.1. The van der Waals surface area contributed by atoms with E-state index in [9.17, 15) is 9.59 Å². The first kappa shape index (κ1) is 16.1. The van der Waals surface area contributed by atoms with Crippen LogP contribution in [0.2, 0.25) is 0 Å². The zero-order valence-electron chi connectivity index (χ0n) is 12.4. The quantitative estimate of drug-likeness (QED) is 0.480. The van der Waals surface area contributed by atoms with Gasteiger partial charge in [0.2, 0.25) is 0 Å². The van der Waals surface area contributed by atoms with E-state index in [4.69, 9.17) is 17.0 Å². The van der Waals surface area contributed by atoms with E-state index in [0.29, 0.717) is 24.3 Å². The number of rotatable bonds is 5. The zero-order valence-corrected chi connectivity index (χ0v) is 13.2. The molecule has 2 fully saturated rings. The van der Waals surface area contributed by atoms with E-state index in [1.165, 1.54) is 6.42 Å². The molecule has 0 aromatic heterocycles. The summed E-state index contributed by atoms with van der Waals surface area (Å²) in [5.41, 5.74) is -0.639. The molecule has 0 radical (unpaired) electrons. The Balaban J connectivity index is 2.12. The van der Waals surface area contributed by atoms with Crippen molar-refractivity contribution in [1.82, 2.24) is 5.32 Å². The fourth-order valence-corrected chi connectivity index (χ4v) is 3.75. The Bertz CT molecular complexity index is 425. The number of cyclic esters (lactones) is 1. The molecule has 0 spiro atoms. The minimum atomic E-state index is -0.639. The lowest BCUT2D eigenvalue weighted by atomic mass is 9.71. The third-order valence-corrected chi connectivity index (χ3v) is 4.86. The van der Waals surface area contributed by atoms with Crippen LogP contribution >= 0.6 is 12.2 Å². The molecule has 1 heterocycles. The van der Waals surface area contributed by atoms with E-state index in [0.717, 1.165) is 25.7 Å². The van der Waals surface area contributed by atoms with Gasteiger partial charge in [0.15, 0.2) is 0 Å². The number of hydrogen-bond acceptors (Lipinski definition) is 4. The summed E-state index contributed by atoms with van der Waals surface area (Å²) in [4.78, 5) is 24.4. The molecule has 0 amide bonds. The van der Waals surface area contributed by atoms with Crippen LogP contribution in [0.4, 0.5) is 0 Å². The first-order valence-corrected chi connectivity index (χ1v) is 8.10. The van der Waals surface area contributed by atoms with Crippen LogP contribution in [0, 0.1) is 5.92 Å². The minimum Gasteiger partial charge on any atom is -0.458 e. The normalized spacial score (nSPS) is 27.0. The second kappa shape index (κ2) is 7.16. The number of carbonyl (C=O) groups excluding carboxylic acids is 2. The summed E-state index contributed by atoms with van der Waals surface area (Å²) >= 11 is 5.22. The fourth-order valence-electron chi connectivity index (χ4n) is 3.57. The van der Waals surface area contributed by atoms with E-state index < -0.39 is 5.60 Å². The lowest BCUT2D eigenvalue weighted by Crippen LogP contribution is -2.49. The predicted molar refractivity (Wildman–Crippen MR) is 84.8 cm³/mol. The van der Waals surface area contributed by atoms with Crippen molar-refractivity contribution < 1.29 is 14.3 Å². The van der Waals surface area contributed by atoms with E-state index in [-0.39, 0.29) is 24.1 Å². The van der Waals surface area contributed by atoms with Gasteiger partial charge in [-0.25, -0.2) is 0 Å². The Morgan fingerprint density at radius 1 is 1.38 bits per heavy atom.